The highest BCUT2D eigenvalue weighted by molar-refractivity contribution is 7.07. The van der Waals surface area contributed by atoms with Crippen molar-refractivity contribution in [1.29, 1.82) is 0 Å². The summed E-state index contributed by atoms with van der Waals surface area (Å²) in [7, 11) is 1.56. The van der Waals surface area contributed by atoms with Gasteiger partial charge < -0.3 is 14.6 Å². The number of hydrogen-bond donors (Lipinski definition) is 1. The third-order valence-corrected chi connectivity index (χ3v) is 5.65. The largest absolute Gasteiger partial charge is 0.378 e. The second-order valence-electron chi connectivity index (χ2n) is 6.75. The number of aromatic nitrogens is 1. The molecule has 0 saturated heterocycles. The minimum atomic E-state index is -0.384. The molecule has 29 heavy (non-hydrogen) atoms. The Kier molecular flexibility index (Phi) is 7.25. The first kappa shape index (κ1) is 21.3. The number of methoxy groups -OCH3 is 1. The fourth-order valence-electron chi connectivity index (χ4n) is 3.27. The standard InChI is InChI=1S/C22H23ClN2O3S/c1-15-10-20(26)21(22(27)24-12-17-7-9-29-14-17)19(13-28-2)25(15)8-6-16-4-3-5-18(23)11-16/h3-5,7,9-11,14H,6,8,12-13H2,1-2H3,(H,24,27). The Morgan fingerprint density at radius 3 is 2.76 bits per heavy atom. The van der Waals surface area contributed by atoms with Gasteiger partial charge in [0.1, 0.15) is 5.56 Å². The Labute approximate surface area is 178 Å². The van der Waals surface area contributed by atoms with E-state index in [2.05, 4.69) is 5.32 Å². The summed E-state index contributed by atoms with van der Waals surface area (Å²) in [5.41, 5.74) is 3.31. The van der Waals surface area contributed by atoms with Crippen molar-refractivity contribution < 1.29 is 9.53 Å². The second-order valence-corrected chi connectivity index (χ2v) is 7.97. The van der Waals surface area contributed by atoms with Crippen LogP contribution in [-0.4, -0.2) is 17.6 Å². The Bertz CT molecular complexity index is 1040. The summed E-state index contributed by atoms with van der Waals surface area (Å²) in [6.07, 6.45) is 0.719. The number of hydrogen-bond acceptors (Lipinski definition) is 4. The van der Waals surface area contributed by atoms with Crippen molar-refractivity contribution in [2.75, 3.05) is 7.11 Å². The number of rotatable bonds is 8. The molecule has 0 aliphatic heterocycles. The van der Waals surface area contributed by atoms with Crippen LogP contribution in [0.25, 0.3) is 0 Å². The van der Waals surface area contributed by atoms with Gasteiger partial charge in [0.25, 0.3) is 5.91 Å². The van der Waals surface area contributed by atoms with Crippen LogP contribution in [0.2, 0.25) is 5.02 Å². The van der Waals surface area contributed by atoms with E-state index >= 15 is 0 Å². The lowest BCUT2D eigenvalue weighted by Gasteiger charge is -2.20. The number of aryl methyl sites for hydroxylation is 2. The topological polar surface area (TPSA) is 60.3 Å². The van der Waals surface area contributed by atoms with Crippen LogP contribution in [-0.2, 0) is 30.9 Å². The lowest BCUT2D eigenvalue weighted by atomic mass is 10.1. The van der Waals surface area contributed by atoms with Gasteiger partial charge in [0.05, 0.1) is 12.3 Å². The number of nitrogens with one attached hydrogen (secondary N) is 1. The molecule has 1 amide bonds. The first-order valence-corrected chi connectivity index (χ1v) is 10.6. The van der Waals surface area contributed by atoms with Crippen molar-refractivity contribution in [2.45, 2.75) is 33.0 Å². The van der Waals surface area contributed by atoms with Gasteiger partial charge in [0.2, 0.25) is 0 Å². The number of ether oxygens (including phenoxy) is 1. The molecule has 152 valence electrons. The van der Waals surface area contributed by atoms with E-state index in [1.807, 2.05) is 52.6 Å². The molecule has 5 nitrogen and oxygen atoms in total. The molecule has 1 aromatic carbocycles. The van der Waals surface area contributed by atoms with Crippen molar-refractivity contribution in [3.8, 4) is 0 Å². The maximum atomic E-state index is 12.8. The van der Waals surface area contributed by atoms with Crippen molar-refractivity contribution in [3.63, 3.8) is 0 Å². The molecule has 3 aromatic rings. The number of carbonyl (C=O) groups excluding carboxylic acids is 1. The molecular formula is C22H23ClN2O3S. The normalized spacial score (nSPS) is 10.9. The third-order valence-electron chi connectivity index (χ3n) is 4.68. The summed E-state index contributed by atoms with van der Waals surface area (Å²) in [6, 6.07) is 11.1. The summed E-state index contributed by atoms with van der Waals surface area (Å²) < 4.78 is 7.31. The minimum absolute atomic E-state index is 0.138. The molecule has 0 atom stereocenters. The van der Waals surface area contributed by atoms with Crippen LogP contribution < -0.4 is 10.7 Å². The monoisotopic (exact) mass is 430 g/mol. The van der Waals surface area contributed by atoms with Crippen LogP contribution in [0, 0.1) is 6.92 Å². The molecule has 0 fully saturated rings. The zero-order valence-electron chi connectivity index (χ0n) is 16.4. The molecule has 0 aliphatic carbocycles. The van der Waals surface area contributed by atoms with Gasteiger partial charge in [-0.2, -0.15) is 11.3 Å². The van der Waals surface area contributed by atoms with Gasteiger partial charge >= 0.3 is 0 Å². The van der Waals surface area contributed by atoms with Crippen molar-refractivity contribution in [2.24, 2.45) is 0 Å². The number of pyridine rings is 1. The summed E-state index contributed by atoms with van der Waals surface area (Å²) in [4.78, 5) is 25.5. The third kappa shape index (κ3) is 5.35. The lowest BCUT2D eigenvalue weighted by molar-refractivity contribution is 0.0942. The summed E-state index contributed by atoms with van der Waals surface area (Å²) >= 11 is 7.65. The minimum Gasteiger partial charge on any atom is -0.378 e. The van der Waals surface area contributed by atoms with E-state index < -0.39 is 0 Å². The summed E-state index contributed by atoms with van der Waals surface area (Å²) in [5.74, 6) is -0.384. The molecule has 7 heteroatoms. The molecule has 2 aromatic heterocycles. The number of halogens is 1. The smallest absolute Gasteiger partial charge is 0.257 e. The van der Waals surface area contributed by atoms with Crippen LogP contribution in [0.4, 0.5) is 0 Å². The van der Waals surface area contributed by atoms with E-state index in [0.717, 1.165) is 23.2 Å². The van der Waals surface area contributed by atoms with Crippen molar-refractivity contribution in [1.82, 2.24) is 9.88 Å². The summed E-state index contributed by atoms with van der Waals surface area (Å²) in [6.45, 7) is 3.03. The molecule has 0 saturated carbocycles. The van der Waals surface area contributed by atoms with Crippen LogP contribution in [0.15, 0.2) is 52.0 Å². The lowest BCUT2D eigenvalue weighted by Crippen LogP contribution is -2.33. The zero-order chi connectivity index (χ0) is 20.8. The Morgan fingerprint density at radius 2 is 2.07 bits per heavy atom. The first-order chi connectivity index (χ1) is 14.0. The molecular weight excluding hydrogens is 408 g/mol. The fourth-order valence-corrected chi connectivity index (χ4v) is 4.15. The molecule has 0 unspecified atom stereocenters. The Hall–Kier alpha value is -2.41. The number of amides is 1. The highest BCUT2D eigenvalue weighted by Gasteiger charge is 2.20. The average molecular weight is 431 g/mol. The van der Waals surface area contributed by atoms with Gasteiger partial charge in [-0.25, -0.2) is 0 Å². The Morgan fingerprint density at radius 1 is 1.24 bits per heavy atom. The van der Waals surface area contributed by atoms with Crippen molar-refractivity contribution in [3.05, 3.63) is 90.5 Å². The SMILES string of the molecule is COCc1c(C(=O)NCc2ccsc2)c(=O)cc(C)n1CCc1cccc(Cl)c1. The predicted molar refractivity (Wildman–Crippen MR) is 117 cm³/mol. The Balaban J connectivity index is 1.89. The van der Waals surface area contributed by atoms with E-state index in [0.29, 0.717) is 23.8 Å². The molecule has 3 rings (SSSR count). The predicted octanol–water partition coefficient (Wildman–Crippen LogP) is 4.19. The number of thiophene rings is 1. The highest BCUT2D eigenvalue weighted by atomic mass is 35.5. The number of carbonyl (C=O) groups is 1. The second kappa shape index (κ2) is 9.87. The van der Waals surface area contributed by atoms with Crippen LogP contribution in [0.1, 0.15) is 32.9 Å². The van der Waals surface area contributed by atoms with E-state index in [1.54, 1.807) is 18.4 Å². The molecule has 0 bridgehead atoms. The van der Waals surface area contributed by atoms with Gasteiger partial charge in [-0.1, -0.05) is 23.7 Å². The highest BCUT2D eigenvalue weighted by Crippen LogP contribution is 2.15. The van der Waals surface area contributed by atoms with E-state index in [1.165, 1.54) is 6.07 Å². The van der Waals surface area contributed by atoms with E-state index in [9.17, 15) is 9.59 Å². The maximum absolute atomic E-state index is 12.8. The van der Waals surface area contributed by atoms with E-state index in [4.69, 9.17) is 16.3 Å². The average Bonchev–Trinajstić information content (AvgIpc) is 3.19. The van der Waals surface area contributed by atoms with Gasteiger partial charge in [0.15, 0.2) is 5.43 Å². The van der Waals surface area contributed by atoms with Crippen LogP contribution in [0.3, 0.4) is 0 Å². The molecule has 1 N–H and O–H groups in total. The maximum Gasteiger partial charge on any atom is 0.257 e. The molecule has 2 heterocycles. The number of benzene rings is 1. The molecule has 0 radical (unpaired) electrons. The fraction of sp³-hybridized carbons (Fsp3) is 0.273. The van der Waals surface area contributed by atoms with Gasteiger partial charge in [-0.3, -0.25) is 9.59 Å². The zero-order valence-corrected chi connectivity index (χ0v) is 18.0. The van der Waals surface area contributed by atoms with Crippen LogP contribution in [0.5, 0.6) is 0 Å². The van der Waals surface area contributed by atoms with E-state index in [-0.39, 0.29) is 23.5 Å². The van der Waals surface area contributed by atoms with Gasteiger partial charge in [-0.05, 0) is 53.4 Å². The van der Waals surface area contributed by atoms with Crippen molar-refractivity contribution >= 4 is 28.8 Å². The number of nitrogens with zero attached hydrogens (tertiary/aromatic N) is 1. The first-order valence-electron chi connectivity index (χ1n) is 9.25. The quantitative estimate of drug-likeness (QED) is 0.582. The molecule has 0 spiro atoms. The van der Waals surface area contributed by atoms with Crippen LogP contribution >= 0.6 is 22.9 Å². The van der Waals surface area contributed by atoms with Gasteiger partial charge in [0, 0.05) is 37.0 Å². The summed E-state index contributed by atoms with van der Waals surface area (Å²) in [5, 5.41) is 7.45. The van der Waals surface area contributed by atoms with Gasteiger partial charge in [-0.15, -0.1) is 0 Å². The molecule has 0 aliphatic rings.